The Labute approximate surface area is 185 Å². The van der Waals surface area contributed by atoms with Crippen molar-refractivity contribution in [2.24, 2.45) is 0 Å². The fraction of sp³-hybridized carbons (Fsp3) is 0.579. The van der Waals surface area contributed by atoms with Gasteiger partial charge in [0.25, 0.3) is 0 Å². The molecule has 0 spiro atoms. The second kappa shape index (κ2) is 8.10. The van der Waals surface area contributed by atoms with Crippen LogP contribution in [0, 0.1) is 0 Å². The Bertz CT molecular complexity index is 1000. The molecule has 3 aliphatic rings. The third kappa shape index (κ3) is 3.83. The molecule has 0 radical (unpaired) electrons. The first-order valence-corrected chi connectivity index (χ1v) is 11.9. The molecule has 0 aromatic carbocycles. The maximum absolute atomic E-state index is 15.1. The van der Waals surface area contributed by atoms with Gasteiger partial charge in [0, 0.05) is 18.9 Å². The van der Waals surface area contributed by atoms with Crippen LogP contribution in [0.4, 0.5) is 16.2 Å². The zero-order chi connectivity index (χ0) is 21.6. The van der Waals surface area contributed by atoms with Crippen molar-refractivity contribution in [2.45, 2.75) is 48.2 Å². The molecular formula is C19H22ClFN6O3S. The van der Waals surface area contributed by atoms with E-state index < -0.39 is 28.4 Å². The monoisotopic (exact) mass is 468 g/mol. The van der Waals surface area contributed by atoms with Crippen LogP contribution in [0.3, 0.4) is 0 Å². The second-order valence-electron chi connectivity index (χ2n) is 8.15. The van der Waals surface area contributed by atoms with E-state index in [9.17, 15) is 9.32 Å². The third-order valence-corrected chi connectivity index (χ3v) is 7.50. The van der Waals surface area contributed by atoms with Gasteiger partial charge in [-0.15, -0.1) is 0 Å². The Morgan fingerprint density at radius 3 is 2.77 bits per heavy atom. The molecule has 12 heteroatoms. The minimum Gasteiger partial charge on any atom is -0.463 e. The Kier molecular flexibility index (Phi) is 5.43. The minimum atomic E-state index is -1.39. The Morgan fingerprint density at radius 2 is 2.13 bits per heavy atom. The van der Waals surface area contributed by atoms with E-state index in [1.54, 1.807) is 4.90 Å². The predicted octanol–water partition coefficient (Wildman–Crippen LogP) is 2.04. The zero-order valence-electron chi connectivity index (χ0n) is 16.6. The number of aliphatic hydroxyl groups excluding tert-OH is 1. The lowest BCUT2D eigenvalue weighted by Gasteiger charge is -2.41. The number of fused-ring (bicyclic) bond motifs is 1. The molecule has 2 aromatic heterocycles. The lowest BCUT2D eigenvalue weighted by Crippen LogP contribution is -2.49. The van der Waals surface area contributed by atoms with Gasteiger partial charge in [0.15, 0.2) is 11.8 Å². The highest BCUT2D eigenvalue weighted by molar-refractivity contribution is 7.85. The highest BCUT2D eigenvalue weighted by Crippen LogP contribution is 2.41. The minimum absolute atomic E-state index is 0.00991. The summed E-state index contributed by atoms with van der Waals surface area (Å²) >= 11 is 5.83. The number of piperidine rings is 1. The number of ether oxygens (including phenoxy) is 1. The average Bonchev–Trinajstić information content (AvgIpc) is 3.12. The molecular weight excluding hydrogens is 447 g/mol. The van der Waals surface area contributed by atoms with Crippen LogP contribution in [0.1, 0.15) is 37.4 Å². The van der Waals surface area contributed by atoms with Crippen molar-refractivity contribution in [1.29, 1.82) is 0 Å². The van der Waals surface area contributed by atoms with Crippen LogP contribution < -0.4 is 15.0 Å². The molecule has 1 saturated carbocycles. The Morgan fingerprint density at radius 1 is 1.35 bits per heavy atom. The van der Waals surface area contributed by atoms with Crippen LogP contribution in [0.5, 0.6) is 5.88 Å². The van der Waals surface area contributed by atoms with Crippen molar-refractivity contribution in [2.75, 3.05) is 35.9 Å². The number of anilines is 2. The van der Waals surface area contributed by atoms with Crippen molar-refractivity contribution >= 4 is 34.2 Å². The van der Waals surface area contributed by atoms with E-state index in [1.165, 1.54) is 12.4 Å². The zero-order valence-corrected chi connectivity index (χ0v) is 18.2. The van der Waals surface area contributed by atoms with E-state index in [2.05, 4.69) is 25.3 Å². The molecule has 2 aliphatic heterocycles. The van der Waals surface area contributed by atoms with Gasteiger partial charge in [-0.25, -0.2) is 14.4 Å². The molecule has 0 bridgehead atoms. The molecule has 2 fully saturated rings. The number of aromatic nitrogens is 4. The van der Waals surface area contributed by atoms with E-state index in [-0.39, 0.29) is 25.0 Å². The standard InChI is InChI=1S/C19H22ClFN6O3S/c20-11-6-22-15(23-7-11)12-2-5-27(8-13(12)21)18-24-16(26-19(9-28)3-1-4-19)14-17(25-18)30-10-31(14)29/h6-7,12-13,28H,1-5,8-10H2,(H,24,25,26)/t12?,13?,31-/m0/s1. The van der Waals surface area contributed by atoms with Crippen LogP contribution in [0.2, 0.25) is 5.02 Å². The largest absolute Gasteiger partial charge is 0.463 e. The summed E-state index contributed by atoms with van der Waals surface area (Å²) in [7, 11) is -1.39. The summed E-state index contributed by atoms with van der Waals surface area (Å²) in [5, 5.41) is 13.5. The maximum Gasteiger partial charge on any atom is 0.238 e. The quantitative estimate of drug-likeness (QED) is 0.680. The molecule has 5 rings (SSSR count). The summed E-state index contributed by atoms with van der Waals surface area (Å²) in [6.07, 6.45) is 4.80. The van der Waals surface area contributed by atoms with Crippen molar-refractivity contribution in [3.8, 4) is 5.88 Å². The van der Waals surface area contributed by atoms with E-state index in [1.807, 2.05) is 0 Å². The van der Waals surface area contributed by atoms with Gasteiger partial charge in [-0.1, -0.05) is 11.6 Å². The fourth-order valence-corrected chi connectivity index (χ4v) is 5.23. The first kappa shape index (κ1) is 20.8. The van der Waals surface area contributed by atoms with Gasteiger partial charge in [0.2, 0.25) is 11.8 Å². The maximum atomic E-state index is 15.1. The Hall–Kier alpha value is -2.11. The molecule has 2 N–H and O–H groups in total. The SMILES string of the molecule is O=[S@]1COc2nc(N3CCC(c4ncc(Cl)cn4)C(F)C3)nc(NC3(CO)CCC3)c21. The number of alkyl halides is 1. The van der Waals surface area contributed by atoms with Crippen LogP contribution in [-0.4, -0.2) is 66.6 Å². The number of hydrogen-bond donors (Lipinski definition) is 2. The molecule has 166 valence electrons. The summed E-state index contributed by atoms with van der Waals surface area (Å²) in [6.45, 7) is 0.528. The first-order valence-electron chi connectivity index (χ1n) is 10.2. The number of aliphatic hydroxyl groups is 1. The van der Waals surface area contributed by atoms with Gasteiger partial charge >= 0.3 is 0 Å². The van der Waals surface area contributed by atoms with Gasteiger partial charge < -0.3 is 20.1 Å². The van der Waals surface area contributed by atoms with E-state index in [4.69, 9.17) is 16.3 Å². The number of hydrogen-bond acceptors (Lipinski definition) is 9. The summed E-state index contributed by atoms with van der Waals surface area (Å²) < 4.78 is 33.0. The van der Waals surface area contributed by atoms with Crippen molar-refractivity contribution in [1.82, 2.24) is 19.9 Å². The van der Waals surface area contributed by atoms with Crippen LogP contribution in [0.25, 0.3) is 0 Å². The summed E-state index contributed by atoms with van der Waals surface area (Å²) in [6, 6.07) is 0. The van der Waals surface area contributed by atoms with Gasteiger partial charge in [-0.3, -0.25) is 4.21 Å². The molecule has 3 atom stereocenters. The van der Waals surface area contributed by atoms with Crippen molar-refractivity contribution in [3.05, 3.63) is 23.2 Å². The summed E-state index contributed by atoms with van der Waals surface area (Å²) in [5.41, 5.74) is -0.478. The van der Waals surface area contributed by atoms with Crippen LogP contribution in [-0.2, 0) is 10.8 Å². The fourth-order valence-electron chi connectivity index (χ4n) is 4.18. The number of nitrogens with zero attached hydrogens (tertiary/aromatic N) is 5. The van der Waals surface area contributed by atoms with Crippen LogP contribution in [0.15, 0.2) is 17.3 Å². The topological polar surface area (TPSA) is 113 Å². The molecule has 1 aliphatic carbocycles. The number of rotatable bonds is 5. The molecule has 2 unspecified atom stereocenters. The van der Waals surface area contributed by atoms with Gasteiger partial charge in [0.05, 0.1) is 29.6 Å². The summed E-state index contributed by atoms with van der Waals surface area (Å²) in [4.78, 5) is 19.5. The molecule has 0 amide bonds. The van der Waals surface area contributed by atoms with Gasteiger partial charge in [0.1, 0.15) is 27.7 Å². The van der Waals surface area contributed by atoms with Gasteiger partial charge in [-0.05, 0) is 25.7 Å². The lowest BCUT2D eigenvalue weighted by molar-refractivity contribution is 0.143. The second-order valence-corrected chi connectivity index (χ2v) is 9.92. The molecule has 2 aromatic rings. The summed E-state index contributed by atoms with van der Waals surface area (Å²) in [5.74, 6) is 0.959. The smallest absolute Gasteiger partial charge is 0.238 e. The molecule has 31 heavy (non-hydrogen) atoms. The third-order valence-electron chi connectivity index (χ3n) is 6.15. The normalized spacial score (nSPS) is 26.7. The predicted molar refractivity (Wildman–Crippen MR) is 113 cm³/mol. The van der Waals surface area contributed by atoms with E-state index in [0.29, 0.717) is 40.5 Å². The lowest BCUT2D eigenvalue weighted by atomic mass is 9.77. The molecule has 4 heterocycles. The van der Waals surface area contributed by atoms with Crippen molar-refractivity contribution < 1.29 is 18.4 Å². The average molecular weight is 469 g/mol. The van der Waals surface area contributed by atoms with Gasteiger partial charge in [-0.2, -0.15) is 9.97 Å². The molecule has 9 nitrogen and oxygen atoms in total. The number of halogens is 2. The van der Waals surface area contributed by atoms with E-state index >= 15 is 4.39 Å². The molecule has 1 saturated heterocycles. The van der Waals surface area contributed by atoms with Crippen molar-refractivity contribution in [3.63, 3.8) is 0 Å². The van der Waals surface area contributed by atoms with E-state index in [0.717, 1.165) is 19.3 Å². The Balaban J connectivity index is 1.40. The number of nitrogens with one attached hydrogen (secondary N) is 1. The highest BCUT2D eigenvalue weighted by atomic mass is 35.5. The highest BCUT2D eigenvalue weighted by Gasteiger charge is 2.40. The first-order chi connectivity index (χ1) is 15.0. The van der Waals surface area contributed by atoms with Crippen LogP contribution >= 0.6 is 11.6 Å².